The number of rotatable bonds is 14. The molecule has 0 bridgehead atoms. The Morgan fingerprint density at radius 2 is 0.667 bits per heavy atom. The minimum Gasteiger partial charge on any atom is -0.462 e. The first-order valence-electron chi connectivity index (χ1n) is 10.8. The normalized spacial score (nSPS) is 16.2. The molecule has 0 aliphatic rings. The molecule has 0 atom stereocenters. The lowest BCUT2D eigenvalue weighted by Crippen LogP contribution is -2.79. The van der Waals surface area contributed by atoms with Gasteiger partial charge in [0.1, 0.15) is 0 Å². The molecule has 48 heavy (non-hydrogen) atoms. The summed E-state index contributed by atoms with van der Waals surface area (Å²) < 4.78 is 367. The maximum Gasteiger partial charge on any atom is 0.438 e. The molecule has 0 aliphatic heterocycles. The first-order valence-corrected chi connectivity index (χ1v) is 10.8. The number of esters is 1. The number of carbonyl (C=O) groups is 1. The van der Waals surface area contributed by atoms with E-state index in [0.29, 0.717) is 6.92 Å². The summed E-state index contributed by atoms with van der Waals surface area (Å²) >= 11 is 0. The largest absolute Gasteiger partial charge is 0.462 e. The number of halogens is 27. The molecule has 0 N–H and O–H groups in total. The predicted octanol–water partition coefficient (Wildman–Crippen LogP) is 9.68. The summed E-state index contributed by atoms with van der Waals surface area (Å²) in [6.07, 6.45) is -20.6. The van der Waals surface area contributed by atoms with E-state index in [1.54, 1.807) is 0 Å². The molecule has 0 fully saturated rings. The van der Waals surface area contributed by atoms with E-state index in [1.807, 2.05) is 0 Å². The Hall–Kier alpha value is -2.68. The number of hydrogen-bond donors (Lipinski definition) is 0. The summed E-state index contributed by atoms with van der Waals surface area (Å²) in [6.45, 7) is 1.11. The number of hydrogen-bond acceptors (Lipinski definition) is 2. The van der Waals surface area contributed by atoms with Crippen LogP contribution in [0.5, 0.6) is 0 Å². The average Bonchev–Trinajstić information content (AvgIpc) is 2.85. The summed E-state index contributed by atoms with van der Waals surface area (Å²) in [5.74, 6) is -94.2. The van der Waals surface area contributed by atoms with Crippen molar-refractivity contribution in [3.63, 3.8) is 0 Å². The Morgan fingerprint density at radius 3 is 0.896 bits per heavy atom. The lowest BCUT2D eigenvalue weighted by molar-refractivity contribution is -0.487. The van der Waals surface area contributed by atoms with E-state index in [9.17, 15) is 123 Å². The number of carbonyl (C=O) groups excluding carboxylic acids is 1. The van der Waals surface area contributed by atoms with Gasteiger partial charge in [-0.25, -0.2) is 9.18 Å². The highest BCUT2D eigenvalue weighted by atomic mass is 19.4. The summed E-state index contributed by atoms with van der Waals surface area (Å²) in [4.78, 5) is 11.0. The second kappa shape index (κ2) is 11.7. The van der Waals surface area contributed by atoms with Crippen molar-refractivity contribution in [3.8, 4) is 0 Å². The van der Waals surface area contributed by atoms with Crippen LogP contribution in [-0.4, -0.2) is 89.8 Å². The van der Waals surface area contributed by atoms with E-state index in [2.05, 4.69) is 11.3 Å². The van der Waals surface area contributed by atoms with Gasteiger partial charge < -0.3 is 4.74 Å². The molecule has 0 amide bonds. The highest BCUT2D eigenvalue weighted by Crippen LogP contribution is 2.69. The SMILES string of the molecule is C=C(C)C(=O)OCCC(F)(F)C(F)(F)C(F)(F)C(F)(F)C(F)(F)C(F)(F)C(F)(F)C(F)(F)C(F)(F)C(F)(F)C(F)(C(F)(F)F)C(F)(F)F. The summed E-state index contributed by atoms with van der Waals surface area (Å²) in [5.41, 5.74) is -10.0. The van der Waals surface area contributed by atoms with Crippen molar-refractivity contribution in [2.45, 2.75) is 90.6 Å². The summed E-state index contributed by atoms with van der Waals surface area (Å²) in [6, 6.07) is 0. The van der Waals surface area contributed by atoms with Crippen LogP contribution in [0.25, 0.3) is 0 Å². The van der Waals surface area contributed by atoms with Crippen LogP contribution in [0.3, 0.4) is 0 Å². The van der Waals surface area contributed by atoms with Gasteiger partial charge in [0, 0.05) is 5.57 Å². The molecule has 0 spiro atoms. The Morgan fingerprint density at radius 1 is 0.438 bits per heavy atom. The highest BCUT2D eigenvalue weighted by Gasteiger charge is 3.01. The molecule has 0 unspecified atom stereocenters. The third-order valence-electron chi connectivity index (χ3n) is 5.83. The second-order valence-corrected chi connectivity index (χ2v) is 9.19. The van der Waals surface area contributed by atoms with Crippen LogP contribution in [-0.2, 0) is 9.53 Å². The molecule has 286 valence electrons. The molecule has 0 saturated carbocycles. The minimum atomic E-state index is -9.86. The van der Waals surface area contributed by atoms with Gasteiger partial charge in [-0.3, -0.25) is 0 Å². The molecule has 0 aromatic heterocycles. The maximum atomic E-state index is 13.8. The number of ether oxygens (including phenoxy) is 1. The molecule has 0 aliphatic carbocycles. The smallest absolute Gasteiger partial charge is 0.438 e. The third-order valence-corrected chi connectivity index (χ3v) is 5.83. The first-order chi connectivity index (χ1) is 20.3. The fourth-order valence-corrected chi connectivity index (χ4v) is 2.90. The highest BCUT2D eigenvalue weighted by molar-refractivity contribution is 5.86. The van der Waals surface area contributed by atoms with Crippen LogP contribution in [0, 0.1) is 0 Å². The molecule has 0 heterocycles. The molecule has 0 saturated heterocycles. The van der Waals surface area contributed by atoms with Gasteiger partial charge in [-0.05, 0) is 6.92 Å². The Kier molecular flexibility index (Phi) is 11.0. The molecule has 0 rings (SSSR count). The molecular formula is C19H9F27O2. The van der Waals surface area contributed by atoms with Crippen LogP contribution in [0.1, 0.15) is 13.3 Å². The quantitative estimate of drug-likeness (QED) is 0.0998. The van der Waals surface area contributed by atoms with E-state index in [4.69, 9.17) is 0 Å². The average molecular weight is 782 g/mol. The Bertz CT molecular complexity index is 1190. The number of alkyl halides is 27. The summed E-state index contributed by atoms with van der Waals surface area (Å²) in [7, 11) is 0. The molecular weight excluding hydrogens is 773 g/mol. The van der Waals surface area contributed by atoms with Crippen molar-refractivity contribution >= 4 is 5.97 Å². The maximum absolute atomic E-state index is 13.8. The zero-order chi connectivity index (χ0) is 39.8. The van der Waals surface area contributed by atoms with Gasteiger partial charge >= 0.3 is 83.2 Å². The van der Waals surface area contributed by atoms with Crippen molar-refractivity contribution < 1.29 is 128 Å². The van der Waals surface area contributed by atoms with Gasteiger partial charge in [-0.15, -0.1) is 0 Å². The van der Waals surface area contributed by atoms with Crippen LogP contribution < -0.4 is 0 Å². The zero-order valence-electron chi connectivity index (χ0n) is 21.6. The van der Waals surface area contributed by atoms with Crippen molar-refractivity contribution in [1.29, 1.82) is 0 Å². The van der Waals surface area contributed by atoms with E-state index in [1.165, 1.54) is 0 Å². The standard InChI is InChI=1S/C19H9F27O2/c1-5(2)6(47)48-4-3-7(20,21)9(23,24)11(27,28)13(31,32)15(35,36)17(39,40)16(37,38)14(33,34)12(29,30)10(25,26)8(22,18(41,42)43)19(44,45)46/h1,3-4H2,2H3. The Balaban J connectivity index is 7.34. The second-order valence-electron chi connectivity index (χ2n) is 9.19. The van der Waals surface area contributed by atoms with Crippen molar-refractivity contribution in [1.82, 2.24) is 0 Å². The lowest BCUT2D eigenvalue weighted by atomic mass is 9.82. The zero-order valence-corrected chi connectivity index (χ0v) is 21.6. The predicted molar refractivity (Wildman–Crippen MR) is 95.8 cm³/mol. The monoisotopic (exact) mass is 782 g/mol. The molecule has 29 heteroatoms. The van der Waals surface area contributed by atoms with Crippen LogP contribution >= 0.6 is 0 Å². The van der Waals surface area contributed by atoms with Gasteiger partial charge in [0.2, 0.25) is 0 Å². The summed E-state index contributed by atoms with van der Waals surface area (Å²) in [5, 5.41) is 0. The van der Waals surface area contributed by atoms with Crippen molar-refractivity contribution in [3.05, 3.63) is 12.2 Å². The topological polar surface area (TPSA) is 26.3 Å². The Labute approximate surface area is 244 Å². The van der Waals surface area contributed by atoms with Gasteiger partial charge in [0.25, 0.3) is 0 Å². The van der Waals surface area contributed by atoms with E-state index >= 15 is 0 Å². The van der Waals surface area contributed by atoms with Gasteiger partial charge in [0.05, 0.1) is 13.0 Å². The van der Waals surface area contributed by atoms with Gasteiger partial charge in [-0.1, -0.05) is 6.58 Å². The molecule has 0 aromatic rings. The third kappa shape index (κ3) is 5.73. The van der Waals surface area contributed by atoms with E-state index in [0.717, 1.165) is 0 Å². The van der Waals surface area contributed by atoms with Crippen LogP contribution in [0.15, 0.2) is 12.2 Å². The van der Waals surface area contributed by atoms with E-state index < -0.39 is 102 Å². The van der Waals surface area contributed by atoms with E-state index in [-0.39, 0.29) is 0 Å². The van der Waals surface area contributed by atoms with Gasteiger partial charge in [0.15, 0.2) is 0 Å². The van der Waals surface area contributed by atoms with Crippen molar-refractivity contribution in [2.75, 3.05) is 6.61 Å². The van der Waals surface area contributed by atoms with Crippen LogP contribution in [0.2, 0.25) is 0 Å². The van der Waals surface area contributed by atoms with Crippen molar-refractivity contribution in [2.24, 2.45) is 0 Å². The lowest BCUT2D eigenvalue weighted by Gasteiger charge is -2.46. The van der Waals surface area contributed by atoms with Crippen LogP contribution in [0.4, 0.5) is 119 Å². The fourth-order valence-electron chi connectivity index (χ4n) is 2.90. The minimum absolute atomic E-state index is 0.683. The molecule has 0 aromatic carbocycles. The molecule has 2 nitrogen and oxygen atoms in total. The first kappa shape index (κ1) is 45.3. The molecule has 0 radical (unpaired) electrons. The van der Waals surface area contributed by atoms with Gasteiger partial charge in [-0.2, -0.15) is 114 Å². The fraction of sp³-hybridized carbons (Fsp3) is 0.842.